The van der Waals surface area contributed by atoms with E-state index in [9.17, 15) is 4.79 Å². The van der Waals surface area contributed by atoms with Crippen molar-refractivity contribution in [3.05, 3.63) is 118 Å². The molecule has 0 amide bonds. The molecule has 0 aromatic heterocycles. The molecular formula is C30H25NO3. The lowest BCUT2D eigenvalue weighted by atomic mass is 9.77. The van der Waals surface area contributed by atoms with E-state index in [1.54, 1.807) is 0 Å². The van der Waals surface area contributed by atoms with Gasteiger partial charge in [0.25, 0.3) is 0 Å². The molecule has 0 bridgehead atoms. The van der Waals surface area contributed by atoms with E-state index in [0.29, 0.717) is 17.1 Å². The van der Waals surface area contributed by atoms with Gasteiger partial charge in [-0.15, -0.1) is 0 Å². The number of nitrogens with one attached hydrogen (secondary N) is 1. The summed E-state index contributed by atoms with van der Waals surface area (Å²) >= 11 is 0. The first-order valence-corrected chi connectivity index (χ1v) is 11.6. The summed E-state index contributed by atoms with van der Waals surface area (Å²) < 4.78 is 12.5. The van der Waals surface area contributed by atoms with Gasteiger partial charge in [0, 0.05) is 28.1 Å². The summed E-state index contributed by atoms with van der Waals surface area (Å²) in [5.41, 5.74) is 7.91. The molecule has 2 heterocycles. The number of carbonyl (C=O) groups is 1. The van der Waals surface area contributed by atoms with Crippen LogP contribution in [0.2, 0.25) is 0 Å². The van der Waals surface area contributed by atoms with Crippen LogP contribution in [0, 0.1) is 13.8 Å². The molecule has 2 aliphatic rings. The van der Waals surface area contributed by atoms with Crippen LogP contribution in [0.15, 0.2) is 78.9 Å². The van der Waals surface area contributed by atoms with Crippen molar-refractivity contribution < 1.29 is 14.3 Å². The molecule has 1 atom stereocenters. The Bertz CT molecular complexity index is 1470. The fourth-order valence-corrected chi connectivity index (χ4v) is 5.43. The van der Waals surface area contributed by atoms with Crippen LogP contribution in [-0.4, -0.2) is 5.97 Å². The van der Waals surface area contributed by atoms with Gasteiger partial charge in [0.05, 0.1) is 5.56 Å². The molecule has 1 unspecified atom stereocenters. The number of anilines is 2. The largest absolute Gasteiger partial charge is 0.456 e. The third-order valence-electron chi connectivity index (χ3n) is 7.08. The van der Waals surface area contributed by atoms with Crippen LogP contribution >= 0.6 is 0 Å². The Balaban J connectivity index is 1.54. The Morgan fingerprint density at radius 1 is 0.824 bits per heavy atom. The fourth-order valence-electron chi connectivity index (χ4n) is 5.43. The molecule has 4 aromatic carbocycles. The fraction of sp³-hybridized carbons (Fsp3) is 0.167. The van der Waals surface area contributed by atoms with Crippen molar-refractivity contribution in [2.75, 3.05) is 5.32 Å². The molecule has 0 saturated carbocycles. The molecule has 0 aliphatic carbocycles. The van der Waals surface area contributed by atoms with Crippen molar-refractivity contribution in [1.29, 1.82) is 0 Å². The predicted octanol–water partition coefficient (Wildman–Crippen LogP) is 7.18. The molecular weight excluding hydrogens is 422 g/mol. The second-order valence-electron chi connectivity index (χ2n) is 8.94. The first-order valence-electron chi connectivity index (χ1n) is 11.6. The number of carbonyl (C=O) groups excluding carboxylic acids is 1. The summed E-state index contributed by atoms with van der Waals surface area (Å²) in [6.45, 7) is 6.49. The number of benzene rings is 4. The summed E-state index contributed by atoms with van der Waals surface area (Å²) in [6.07, 6.45) is 0.984. The molecule has 34 heavy (non-hydrogen) atoms. The highest BCUT2D eigenvalue weighted by Crippen LogP contribution is 2.56. The predicted molar refractivity (Wildman–Crippen MR) is 133 cm³/mol. The van der Waals surface area contributed by atoms with Crippen LogP contribution in [0.3, 0.4) is 0 Å². The first kappa shape index (κ1) is 20.5. The van der Waals surface area contributed by atoms with E-state index < -0.39 is 5.60 Å². The van der Waals surface area contributed by atoms with Crippen LogP contribution in [-0.2, 0) is 16.8 Å². The van der Waals surface area contributed by atoms with E-state index >= 15 is 0 Å². The zero-order chi connectivity index (χ0) is 23.4. The van der Waals surface area contributed by atoms with Gasteiger partial charge in [-0.2, -0.15) is 0 Å². The summed E-state index contributed by atoms with van der Waals surface area (Å²) in [5, 5.41) is 3.59. The highest BCUT2D eigenvalue weighted by atomic mass is 16.6. The third kappa shape index (κ3) is 2.81. The number of aryl methyl sites for hydroxylation is 1. The quantitative estimate of drug-likeness (QED) is 0.338. The average molecular weight is 448 g/mol. The van der Waals surface area contributed by atoms with E-state index in [1.807, 2.05) is 66.7 Å². The van der Waals surface area contributed by atoms with Gasteiger partial charge < -0.3 is 14.8 Å². The monoisotopic (exact) mass is 447 g/mol. The highest BCUT2D eigenvalue weighted by molar-refractivity contribution is 5.97. The number of fused-ring (bicyclic) bond motifs is 6. The van der Waals surface area contributed by atoms with E-state index in [0.717, 1.165) is 34.5 Å². The summed E-state index contributed by atoms with van der Waals surface area (Å²) in [6, 6.07) is 25.7. The van der Waals surface area contributed by atoms with Crippen molar-refractivity contribution in [2.24, 2.45) is 0 Å². The molecule has 4 nitrogen and oxygen atoms in total. The molecule has 1 N–H and O–H groups in total. The SMILES string of the molecule is CCc1c(C)ccc(Nc2ccc3c(c2)C2(OC(=O)c4ccccc42)c2ccccc2O3)c1C. The van der Waals surface area contributed by atoms with E-state index in [4.69, 9.17) is 9.47 Å². The van der Waals surface area contributed by atoms with E-state index in [-0.39, 0.29) is 5.97 Å². The minimum atomic E-state index is -1.05. The lowest BCUT2D eigenvalue weighted by molar-refractivity contribution is 0.0224. The maximum atomic E-state index is 13.0. The first-order chi connectivity index (χ1) is 16.5. The third-order valence-corrected chi connectivity index (χ3v) is 7.08. The van der Waals surface area contributed by atoms with Crippen molar-refractivity contribution in [1.82, 2.24) is 0 Å². The number of para-hydroxylation sites is 1. The maximum Gasteiger partial charge on any atom is 0.340 e. The van der Waals surface area contributed by atoms with Crippen molar-refractivity contribution in [3.63, 3.8) is 0 Å². The van der Waals surface area contributed by atoms with Gasteiger partial charge >= 0.3 is 5.97 Å². The molecule has 168 valence electrons. The van der Waals surface area contributed by atoms with Crippen molar-refractivity contribution >= 4 is 17.3 Å². The van der Waals surface area contributed by atoms with Crippen molar-refractivity contribution in [2.45, 2.75) is 32.8 Å². The van der Waals surface area contributed by atoms with Crippen LogP contribution in [0.5, 0.6) is 11.5 Å². The lowest BCUT2D eigenvalue weighted by Crippen LogP contribution is -2.33. The number of hydrogen-bond donors (Lipinski definition) is 1. The summed E-state index contributed by atoms with van der Waals surface area (Å²) in [4.78, 5) is 13.0. The molecule has 0 saturated heterocycles. The van der Waals surface area contributed by atoms with Crippen molar-refractivity contribution in [3.8, 4) is 11.5 Å². The van der Waals surface area contributed by atoms with Crippen LogP contribution < -0.4 is 10.1 Å². The van der Waals surface area contributed by atoms with E-state index in [2.05, 4.69) is 38.2 Å². The van der Waals surface area contributed by atoms with Gasteiger partial charge in [0.2, 0.25) is 0 Å². The molecule has 4 heteroatoms. The number of esters is 1. The van der Waals surface area contributed by atoms with Crippen LogP contribution in [0.4, 0.5) is 11.4 Å². The van der Waals surface area contributed by atoms with E-state index in [1.165, 1.54) is 16.7 Å². The van der Waals surface area contributed by atoms with Gasteiger partial charge in [0.1, 0.15) is 11.5 Å². The van der Waals surface area contributed by atoms with Gasteiger partial charge in [-0.25, -0.2) is 4.79 Å². The zero-order valence-electron chi connectivity index (χ0n) is 19.4. The van der Waals surface area contributed by atoms with Crippen LogP contribution in [0.1, 0.15) is 50.7 Å². The summed E-state index contributed by atoms with van der Waals surface area (Å²) in [5.74, 6) is 1.06. The standard InChI is InChI=1S/C30H25NO3/c1-4-21-18(2)13-15-26(19(21)3)31-20-14-16-28-25(17-20)30(24-11-7-8-12-27(24)33-28)23-10-6-5-9-22(23)29(32)34-30/h5-17,31H,4H2,1-3H3. The maximum absolute atomic E-state index is 13.0. The minimum absolute atomic E-state index is 0.321. The molecule has 4 aromatic rings. The average Bonchev–Trinajstić information content (AvgIpc) is 3.15. The smallest absolute Gasteiger partial charge is 0.340 e. The minimum Gasteiger partial charge on any atom is -0.456 e. The number of rotatable bonds is 3. The molecule has 0 radical (unpaired) electrons. The molecule has 0 fully saturated rings. The normalized spacial score (nSPS) is 17.4. The van der Waals surface area contributed by atoms with Gasteiger partial charge in [0.15, 0.2) is 5.60 Å². The second kappa shape index (κ2) is 7.49. The molecule has 2 aliphatic heterocycles. The Morgan fingerprint density at radius 2 is 1.56 bits per heavy atom. The Labute approximate surface area is 199 Å². The summed E-state index contributed by atoms with van der Waals surface area (Å²) in [7, 11) is 0. The van der Waals surface area contributed by atoms with Gasteiger partial charge in [-0.05, 0) is 73.4 Å². The van der Waals surface area contributed by atoms with Gasteiger partial charge in [-0.3, -0.25) is 0 Å². The lowest BCUT2D eigenvalue weighted by Gasteiger charge is -2.36. The molecule has 6 rings (SSSR count). The number of hydrogen-bond acceptors (Lipinski definition) is 4. The Hall–Kier alpha value is -4.05. The highest BCUT2D eigenvalue weighted by Gasteiger charge is 2.53. The molecule has 1 spiro atoms. The second-order valence-corrected chi connectivity index (χ2v) is 8.94. The zero-order valence-corrected chi connectivity index (χ0v) is 19.4. The Kier molecular flexibility index (Phi) is 4.53. The van der Waals surface area contributed by atoms with Crippen LogP contribution in [0.25, 0.3) is 0 Å². The number of ether oxygens (including phenoxy) is 2. The topological polar surface area (TPSA) is 47.6 Å². The van der Waals surface area contributed by atoms with Gasteiger partial charge in [-0.1, -0.05) is 49.4 Å². The Morgan fingerprint density at radius 3 is 2.38 bits per heavy atom.